The van der Waals surface area contributed by atoms with Crippen molar-refractivity contribution in [3.63, 3.8) is 0 Å². The van der Waals surface area contributed by atoms with Gasteiger partial charge in [-0.3, -0.25) is 4.98 Å². The summed E-state index contributed by atoms with van der Waals surface area (Å²) in [5, 5.41) is 5.37. The minimum absolute atomic E-state index is 0.714. The summed E-state index contributed by atoms with van der Waals surface area (Å²) in [6.45, 7) is 3.36. The Hall–Kier alpha value is -0.610. The van der Waals surface area contributed by atoms with Gasteiger partial charge in [0.25, 0.3) is 0 Å². The molecule has 0 amide bonds. The van der Waals surface area contributed by atoms with Crippen molar-refractivity contribution in [2.24, 2.45) is 0 Å². The van der Waals surface area contributed by atoms with Crippen LogP contribution in [-0.2, 0) is 0 Å². The fourth-order valence-electron chi connectivity index (χ4n) is 2.10. The first-order chi connectivity index (χ1) is 7.88. The minimum atomic E-state index is 0.714. The van der Waals surface area contributed by atoms with Crippen molar-refractivity contribution < 1.29 is 0 Å². The second-order valence-corrected chi connectivity index (χ2v) is 5.57. The van der Waals surface area contributed by atoms with Gasteiger partial charge in [0, 0.05) is 23.7 Å². The molecule has 2 atom stereocenters. The van der Waals surface area contributed by atoms with Crippen LogP contribution in [0.1, 0.15) is 32.6 Å². The van der Waals surface area contributed by atoms with E-state index in [-0.39, 0.29) is 0 Å². The van der Waals surface area contributed by atoms with Gasteiger partial charge in [-0.2, -0.15) is 0 Å². The summed E-state index contributed by atoms with van der Waals surface area (Å²) >= 11 is 1.87. The van der Waals surface area contributed by atoms with Crippen molar-refractivity contribution in [3.05, 3.63) is 18.6 Å². The lowest BCUT2D eigenvalue weighted by atomic mass is 10.2. The van der Waals surface area contributed by atoms with Crippen molar-refractivity contribution in [1.29, 1.82) is 0 Å². The SMILES string of the molecule is CCCNC1CCC(Sc2cnccn2)C1. The maximum absolute atomic E-state index is 4.31. The van der Waals surface area contributed by atoms with Crippen LogP contribution in [0, 0.1) is 0 Å². The summed E-state index contributed by atoms with van der Waals surface area (Å²) in [6.07, 6.45) is 10.4. The summed E-state index contributed by atoms with van der Waals surface area (Å²) in [5.74, 6) is 0. The van der Waals surface area contributed by atoms with E-state index in [4.69, 9.17) is 0 Å². The van der Waals surface area contributed by atoms with Crippen molar-refractivity contribution in [2.45, 2.75) is 48.9 Å². The minimum Gasteiger partial charge on any atom is -0.314 e. The number of nitrogens with zero attached hydrogens (tertiary/aromatic N) is 2. The molecule has 0 spiro atoms. The zero-order valence-corrected chi connectivity index (χ0v) is 10.5. The second-order valence-electron chi connectivity index (χ2n) is 4.25. The Morgan fingerprint density at radius 3 is 3.12 bits per heavy atom. The molecule has 1 aliphatic rings. The molecule has 1 fully saturated rings. The first-order valence-corrected chi connectivity index (χ1v) is 6.92. The van der Waals surface area contributed by atoms with Crippen LogP contribution in [0.2, 0.25) is 0 Å². The van der Waals surface area contributed by atoms with Crippen LogP contribution in [0.3, 0.4) is 0 Å². The Kier molecular flexibility index (Phi) is 4.60. The van der Waals surface area contributed by atoms with Crippen LogP contribution >= 0.6 is 11.8 Å². The smallest absolute Gasteiger partial charge is 0.115 e. The Labute approximate surface area is 101 Å². The van der Waals surface area contributed by atoms with Crippen molar-refractivity contribution in [1.82, 2.24) is 15.3 Å². The molecule has 1 aromatic heterocycles. The number of hydrogen-bond acceptors (Lipinski definition) is 4. The third-order valence-electron chi connectivity index (χ3n) is 2.89. The van der Waals surface area contributed by atoms with Gasteiger partial charge in [0.2, 0.25) is 0 Å². The summed E-state index contributed by atoms with van der Waals surface area (Å²) in [5.41, 5.74) is 0. The van der Waals surface area contributed by atoms with E-state index < -0.39 is 0 Å². The Balaban J connectivity index is 1.76. The molecular formula is C12H19N3S. The molecule has 1 aliphatic carbocycles. The summed E-state index contributed by atoms with van der Waals surface area (Å²) < 4.78 is 0. The molecule has 1 aromatic rings. The fraction of sp³-hybridized carbons (Fsp3) is 0.667. The van der Waals surface area contributed by atoms with Gasteiger partial charge in [-0.25, -0.2) is 4.98 Å². The topological polar surface area (TPSA) is 37.8 Å². The highest BCUT2D eigenvalue weighted by molar-refractivity contribution is 7.99. The van der Waals surface area contributed by atoms with Crippen molar-refractivity contribution in [3.8, 4) is 0 Å². The molecule has 0 aromatic carbocycles. The van der Waals surface area contributed by atoms with Gasteiger partial charge in [0.1, 0.15) is 5.03 Å². The number of thioether (sulfide) groups is 1. The molecule has 2 rings (SSSR count). The lowest BCUT2D eigenvalue weighted by Crippen LogP contribution is -2.27. The molecule has 1 heterocycles. The summed E-state index contributed by atoms with van der Waals surface area (Å²) in [7, 11) is 0. The predicted octanol–water partition coefficient (Wildman–Crippen LogP) is 2.49. The molecule has 1 N–H and O–H groups in total. The molecule has 4 heteroatoms. The van der Waals surface area contributed by atoms with Gasteiger partial charge in [0.15, 0.2) is 0 Å². The molecule has 3 nitrogen and oxygen atoms in total. The van der Waals surface area contributed by atoms with E-state index in [1.807, 2.05) is 18.0 Å². The maximum Gasteiger partial charge on any atom is 0.115 e. The summed E-state index contributed by atoms with van der Waals surface area (Å²) in [6, 6.07) is 0.717. The molecule has 0 bridgehead atoms. The average Bonchev–Trinajstić information content (AvgIpc) is 2.75. The number of hydrogen-bond donors (Lipinski definition) is 1. The highest BCUT2D eigenvalue weighted by Crippen LogP contribution is 2.33. The molecule has 2 unspecified atom stereocenters. The molecule has 16 heavy (non-hydrogen) atoms. The van der Waals surface area contributed by atoms with Crippen LogP contribution in [0.15, 0.2) is 23.6 Å². The zero-order valence-electron chi connectivity index (χ0n) is 9.72. The molecule has 0 saturated heterocycles. The lowest BCUT2D eigenvalue weighted by Gasteiger charge is -2.11. The highest BCUT2D eigenvalue weighted by Gasteiger charge is 2.25. The Morgan fingerprint density at radius 1 is 1.44 bits per heavy atom. The first-order valence-electron chi connectivity index (χ1n) is 6.04. The van der Waals surface area contributed by atoms with Crippen LogP contribution in [0.25, 0.3) is 0 Å². The third-order valence-corrected chi connectivity index (χ3v) is 4.11. The molecule has 88 valence electrons. The second kappa shape index (κ2) is 6.21. The summed E-state index contributed by atoms with van der Waals surface area (Å²) in [4.78, 5) is 8.41. The van der Waals surface area contributed by atoms with Crippen molar-refractivity contribution in [2.75, 3.05) is 6.54 Å². The van der Waals surface area contributed by atoms with E-state index in [2.05, 4.69) is 22.2 Å². The van der Waals surface area contributed by atoms with Gasteiger partial charge in [-0.05, 0) is 32.2 Å². The first kappa shape index (κ1) is 11.9. The van der Waals surface area contributed by atoms with E-state index in [0.29, 0.717) is 11.3 Å². The molecule has 0 radical (unpaired) electrons. The fourth-order valence-corrected chi connectivity index (χ4v) is 3.27. The Morgan fingerprint density at radius 2 is 2.38 bits per heavy atom. The van der Waals surface area contributed by atoms with E-state index in [0.717, 1.165) is 11.6 Å². The number of rotatable bonds is 5. The van der Waals surface area contributed by atoms with Gasteiger partial charge in [-0.1, -0.05) is 6.92 Å². The molecule has 1 saturated carbocycles. The van der Waals surface area contributed by atoms with Crippen LogP contribution in [0.4, 0.5) is 0 Å². The third kappa shape index (κ3) is 3.46. The monoisotopic (exact) mass is 237 g/mol. The average molecular weight is 237 g/mol. The van der Waals surface area contributed by atoms with E-state index >= 15 is 0 Å². The highest BCUT2D eigenvalue weighted by atomic mass is 32.2. The van der Waals surface area contributed by atoms with E-state index in [1.54, 1.807) is 12.4 Å². The van der Waals surface area contributed by atoms with Gasteiger partial charge in [-0.15, -0.1) is 11.8 Å². The van der Waals surface area contributed by atoms with Crippen LogP contribution < -0.4 is 5.32 Å². The standard InChI is InChI=1S/C12H19N3S/c1-2-5-14-10-3-4-11(8-10)16-12-9-13-6-7-15-12/h6-7,9-11,14H,2-5,8H2,1H3. The zero-order chi connectivity index (χ0) is 11.2. The van der Waals surface area contributed by atoms with Crippen LogP contribution in [0.5, 0.6) is 0 Å². The van der Waals surface area contributed by atoms with Gasteiger partial charge >= 0.3 is 0 Å². The number of aromatic nitrogens is 2. The van der Waals surface area contributed by atoms with Gasteiger partial charge in [0.05, 0.1) is 6.20 Å². The quantitative estimate of drug-likeness (QED) is 0.854. The predicted molar refractivity (Wildman–Crippen MR) is 67.6 cm³/mol. The van der Waals surface area contributed by atoms with Crippen molar-refractivity contribution >= 4 is 11.8 Å². The largest absolute Gasteiger partial charge is 0.314 e. The van der Waals surface area contributed by atoms with Gasteiger partial charge < -0.3 is 5.32 Å². The van der Waals surface area contributed by atoms with E-state index in [9.17, 15) is 0 Å². The molecular weight excluding hydrogens is 218 g/mol. The maximum atomic E-state index is 4.31. The lowest BCUT2D eigenvalue weighted by molar-refractivity contribution is 0.524. The normalized spacial score (nSPS) is 24.8. The van der Waals surface area contributed by atoms with Crippen LogP contribution in [-0.4, -0.2) is 27.8 Å². The Bertz CT molecular complexity index is 304. The molecule has 0 aliphatic heterocycles. The van der Waals surface area contributed by atoms with E-state index in [1.165, 1.54) is 25.7 Å². The number of nitrogens with one attached hydrogen (secondary N) is 1.